The lowest BCUT2D eigenvalue weighted by Gasteiger charge is -2.22. The number of hydrogen-bond acceptors (Lipinski definition) is 8. The SMILES string of the molecule is CC(C)OC(=O)COc1ccc(C(=O)CN2C=C3C=CC(C(N)=NO)C(=O)C3C2)cc1. The summed E-state index contributed by atoms with van der Waals surface area (Å²) in [4.78, 5) is 38.6. The average Bonchev–Trinajstić information content (AvgIpc) is 3.15. The molecule has 2 unspecified atom stereocenters. The Morgan fingerprint density at radius 2 is 2.00 bits per heavy atom. The zero-order chi connectivity index (χ0) is 22.5. The van der Waals surface area contributed by atoms with Gasteiger partial charge in [-0.1, -0.05) is 17.3 Å². The van der Waals surface area contributed by atoms with E-state index in [1.165, 1.54) is 0 Å². The minimum Gasteiger partial charge on any atom is -0.482 e. The number of hydrogen-bond donors (Lipinski definition) is 2. The number of benzene rings is 1. The summed E-state index contributed by atoms with van der Waals surface area (Å²) in [5.74, 6) is -1.59. The van der Waals surface area contributed by atoms with Gasteiger partial charge < -0.3 is 25.3 Å². The van der Waals surface area contributed by atoms with Crippen molar-refractivity contribution in [3.63, 3.8) is 0 Å². The van der Waals surface area contributed by atoms with Gasteiger partial charge in [0.2, 0.25) is 0 Å². The molecule has 0 saturated carbocycles. The van der Waals surface area contributed by atoms with Crippen molar-refractivity contribution in [3.8, 4) is 5.75 Å². The highest BCUT2D eigenvalue weighted by Gasteiger charge is 2.38. The molecule has 0 radical (unpaired) electrons. The van der Waals surface area contributed by atoms with Gasteiger partial charge in [-0.2, -0.15) is 0 Å². The zero-order valence-electron chi connectivity index (χ0n) is 17.4. The fraction of sp³-hybridized carbons (Fsp3) is 0.364. The molecule has 0 fully saturated rings. The highest BCUT2D eigenvalue weighted by molar-refractivity contribution is 6.08. The van der Waals surface area contributed by atoms with Gasteiger partial charge in [0.25, 0.3) is 0 Å². The molecule has 1 aromatic rings. The lowest BCUT2D eigenvalue weighted by Crippen LogP contribution is -2.38. The van der Waals surface area contributed by atoms with Crippen molar-refractivity contribution in [1.29, 1.82) is 0 Å². The van der Waals surface area contributed by atoms with Gasteiger partial charge in [0, 0.05) is 18.3 Å². The second-order valence-corrected chi connectivity index (χ2v) is 7.65. The normalized spacial score (nSPS) is 20.5. The van der Waals surface area contributed by atoms with E-state index in [1.54, 1.807) is 61.4 Å². The monoisotopic (exact) mass is 427 g/mol. The van der Waals surface area contributed by atoms with E-state index in [0.717, 1.165) is 5.57 Å². The third-order valence-corrected chi connectivity index (χ3v) is 4.96. The van der Waals surface area contributed by atoms with Gasteiger partial charge in [-0.25, -0.2) is 4.79 Å². The number of oxime groups is 1. The van der Waals surface area contributed by atoms with Crippen molar-refractivity contribution in [1.82, 2.24) is 4.90 Å². The van der Waals surface area contributed by atoms with Gasteiger partial charge in [-0.3, -0.25) is 9.59 Å². The van der Waals surface area contributed by atoms with E-state index in [-0.39, 0.29) is 36.7 Å². The lowest BCUT2D eigenvalue weighted by atomic mass is 9.83. The number of carbonyl (C=O) groups excluding carboxylic acids is 3. The summed E-state index contributed by atoms with van der Waals surface area (Å²) in [5, 5.41) is 11.8. The molecule has 9 heteroatoms. The second kappa shape index (κ2) is 9.46. The van der Waals surface area contributed by atoms with Crippen LogP contribution < -0.4 is 10.5 Å². The predicted molar refractivity (Wildman–Crippen MR) is 112 cm³/mol. The third-order valence-electron chi connectivity index (χ3n) is 4.96. The standard InChI is InChI=1S/C22H25N3O6/c1-13(2)31-20(27)12-30-16-6-3-14(4-7-16)19(26)11-25-9-15-5-8-17(22(23)24-29)21(28)18(15)10-25/h3-9,13,17-18,29H,10-12H2,1-2H3,(H2,23,24). The van der Waals surface area contributed by atoms with Crippen LogP contribution in [0.3, 0.4) is 0 Å². The molecule has 31 heavy (non-hydrogen) atoms. The van der Waals surface area contributed by atoms with Gasteiger partial charge >= 0.3 is 5.97 Å². The fourth-order valence-corrected chi connectivity index (χ4v) is 3.49. The van der Waals surface area contributed by atoms with Gasteiger partial charge in [0.15, 0.2) is 24.0 Å². The van der Waals surface area contributed by atoms with Crippen LogP contribution >= 0.6 is 0 Å². The highest BCUT2D eigenvalue weighted by Crippen LogP contribution is 2.31. The molecule has 1 heterocycles. The third kappa shape index (κ3) is 5.30. The molecule has 3 N–H and O–H groups in total. The number of allylic oxidation sites excluding steroid dienone is 1. The molecule has 0 bridgehead atoms. The maximum atomic E-state index is 12.6. The van der Waals surface area contributed by atoms with Gasteiger partial charge in [-0.05, 0) is 43.7 Å². The fourth-order valence-electron chi connectivity index (χ4n) is 3.49. The van der Waals surface area contributed by atoms with Gasteiger partial charge in [0.05, 0.1) is 24.5 Å². The first-order chi connectivity index (χ1) is 14.8. The van der Waals surface area contributed by atoms with Crippen LogP contribution in [0.5, 0.6) is 5.75 Å². The van der Waals surface area contributed by atoms with Crippen molar-refractivity contribution in [2.75, 3.05) is 19.7 Å². The number of Topliss-reactive ketones (excluding diaryl/α,β-unsaturated/α-hetero) is 2. The van der Waals surface area contributed by atoms with E-state index in [2.05, 4.69) is 5.16 Å². The second-order valence-electron chi connectivity index (χ2n) is 7.65. The Balaban J connectivity index is 1.55. The minimum atomic E-state index is -0.756. The summed E-state index contributed by atoms with van der Waals surface area (Å²) in [6, 6.07) is 6.49. The number of carbonyl (C=O) groups is 3. The van der Waals surface area contributed by atoms with Gasteiger partial charge in [-0.15, -0.1) is 0 Å². The zero-order valence-corrected chi connectivity index (χ0v) is 17.4. The quantitative estimate of drug-likeness (QED) is 0.159. The van der Waals surface area contributed by atoms with E-state index in [9.17, 15) is 14.4 Å². The van der Waals surface area contributed by atoms with Crippen molar-refractivity contribution >= 4 is 23.4 Å². The van der Waals surface area contributed by atoms with E-state index in [1.807, 2.05) is 0 Å². The number of nitrogens with zero attached hydrogens (tertiary/aromatic N) is 2. The number of amidine groups is 1. The molecule has 164 valence electrons. The summed E-state index contributed by atoms with van der Waals surface area (Å²) in [7, 11) is 0. The van der Waals surface area contributed by atoms with E-state index < -0.39 is 17.8 Å². The summed E-state index contributed by atoms with van der Waals surface area (Å²) < 4.78 is 10.4. The van der Waals surface area contributed by atoms with Crippen LogP contribution in [0.4, 0.5) is 0 Å². The average molecular weight is 427 g/mol. The molecule has 2 aliphatic rings. The molecular formula is C22H25N3O6. The molecule has 0 saturated heterocycles. The van der Waals surface area contributed by atoms with Crippen LogP contribution in [0, 0.1) is 11.8 Å². The molecule has 9 nitrogen and oxygen atoms in total. The van der Waals surface area contributed by atoms with Crippen molar-refractivity contribution in [2.45, 2.75) is 20.0 Å². The smallest absolute Gasteiger partial charge is 0.344 e. The molecule has 3 rings (SSSR count). The van der Waals surface area contributed by atoms with Crippen molar-refractivity contribution in [3.05, 3.63) is 53.8 Å². The number of nitrogens with two attached hydrogens (primary N) is 1. The maximum Gasteiger partial charge on any atom is 0.344 e. The molecule has 0 aromatic heterocycles. The van der Waals surface area contributed by atoms with Crippen molar-refractivity contribution < 1.29 is 29.1 Å². The first-order valence-corrected chi connectivity index (χ1v) is 9.89. The summed E-state index contributed by atoms with van der Waals surface area (Å²) >= 11 is 0. The Hall–Kier alpha value is -3.62. The number of esters is 1. The molecule has 0 amide bonds. The van der Waals surface area contributed by atoms with Crippen LogP contribution in [-0.2, 0) is 14.3 Å². The Labute approximate surface area is 179 Å². The summed E-state index contributed by atoms with van der Waals surface area (Å²) in [6.07, 6.45) is 4.95. The lowest BCUT2D eigenvalue weighted by molar-refractivity contribution is -0.149. The van der Waals surface area contributed by atoms with Crippen LogP contribution in [-0.4, -0.2) is 59.3 Å². The van der Waals surface area contributed by atoms with Crippen LogP contribution in [0.25, 0.3) is 0 Å². The predicted octanol–water partition coefficient (Wildman–Crippen LogP) is 1.52. The first kappa shape index (κ1) is 22.1. The molecular weight excluding hydrogens is 402 g/mol. The van der Waals surface area contributed by atoms with Crippen molar-refractivity contribution in [2.24, 2.45) is 22.7 Å². The Morgan fingerprint density at radius 1 is 1.29 bits per heavy atom. The maximum absolute atomic E-state index is 12.6. The molecule has 1 aliphatic heterocycles. The van der Waals surface area contributed by atoms with Crippen LogP contribution in [0.15, 0.2) is 53.3 Å². The molecule has 1 aromatic carbocycles. The van der Waals surface area contributed by atoms with Crippen LogP contribution in [0.2, 0.25) is 0 Å². The Morgan fingerprint density at radius 3 is 2.65 bits per heavy atom. The highest BCUT2D eigenvalue weighted by atomic mass is 16.6. The largest absolute Gasteiger partial charge is 0.482 e. The molecule has 2 atom stereocenters. The summed E-state index contributed by atoms with van der Waals surface area (Å²) in [5.41, 5.74) is 6.88. The van der Waals surface area contributed by atoms with E-state index in [0.29, 0.717) is 17.9 Å². The Bertz CT molecular complexity index is 948. The van der Waals surface area contributed by atoms with E-state index in [4.69, 9.17) is 20.4 Å². The van der Waals surface area contributed by atoms with Gasteiger partial charge in [0.1, 0.15) is 5.75 Å². The van der Waals surface area contributed by atoms with E-state index >= 15 is 0 Å². The van der Waals surface area contributed by atoms with Crippen LogP contribution in [0.1, 0.15) is 24.2 Å². The Kier molecular flexibility index (Phi) is 6.74. The first-order valence-electron chi connectivity index (χ1n) is 9.89. The number of fused-ring (bicyclic) bond motifs is 1. The number of ether oxygens (including phenoxy) is 2. The summed E-state index contributed by atoms with van der Waals surface area (Å²) in [6.45, 7) is 3.77. The topological polar surface area (TPSA) is 132 Å². The molecule has 0 spiro atoms. The number of ketones is 2. The number of rotatable bonds is 8. The minimum absolute atomic E-state index is 0.107. The molecule has 1 aliphatic carbocycles.